The van der Waals surface area contributed by atoms with Crippen molar-refractivity contribution in [3.63, 3.8) is 0 Å². The molecular formula is C21H22BrN9O. The van der Waals surface area contributed by atoms with E-state index >= 15 is 0 Å². The van der Waals surface area contributed by atoms with Crippen LogP contribution in [0.2, 0.25) is 0 Å². The Kier molecular flexibility index (Phi) is 5.12. The van der Waals surface area contributed by atoms with Gasteiger partial charge in [-0.15, -0.1) is 0 Å². The van der Waals surface area contributed by atoms with Crippen molar-refractivity contribution in [1.29, 1.82) is 0 Å². The van der Waals surface area contributed by atoms with Gasteiger partial charge in [-0.05, 0) is 59.5 Å². The van der Waals surface area contributed by atoms with Gasteiger partial charge in [-0.2, -0.15) is 15.2 Å². The molecule has 2 N–H and O–H groups in total. The smallest absolute Gasteiger partial charge is 0.225 e. The molecule has 1 aromatic carbocycles. The molecule has 1 saturated carbocycles. The van der Waals surface area contributed by atoms with Gasteiger partial charge < -0.3 is 10.6 Å². The highest BCUT2D eigenvalue weighted by Gasteiger charge is 2.40. The molecule has 3 aromatic heterocycles. The average molecular weight is 496 g/mol. The second-order valence-electron chi connectivity index (χ2n) is 8.21. The van der Waals surface area contributed by atoms with Crippen molar-refractivity contribution in [2.45, 2.75) is 32.2 Å². The third kappa shape index (κ3) is 3.62. The summed E-state index contributed by atoms with van der Waals surface area (Å²) in [6, 6.07) is 7.94. The molecule has 4 aromatic rings. The molecule has 32 heavy (non-hydrogen) atoms. The molecular weight excluding hydrogens is 474 g/mol. The van der Waals surface area contributed by atoms with Gasteiger partial charge in [0.05, 0.1) is 16.8 Å². The van der Waals surface area contributed by atoms with Gasteiger partial charge in [0.1, 0.15) is 17.3 Å². The number of benzene rings is 1. The summed E-state index contributed by atoms with van der Waals surface area (Å²) in [6.07, 6.45) is 7.36. The van der Waals surface area contributed by atoms with Crippen LogP contribution in [-0.2, 0) is 4.79 Å². The van der Waals surface area contributed by atoms with Gasteiger partial charge in [-0.3, -0.25) is 4.79 Å². The number of hydrogen-bond acceptors (Lipinski definition) is 7. The largest absolute Gasteiger partial charge is 0.359 e. The zero-order valence-corrected chi connectivity index (χ0v) is 19.2. The maximum Gasteiger partial charge on any atom is 0.225 e. The summed E-state index contributed by atoms with van der Waals surface area (Å²) in [5.41, 5.74) is 2.09. The Balaban J connectivity index is 1.42. The highest BCUT2D eigenvalue weighted by atomic mass is 79.9. The van der Waals surface area contributed by atoms with Crippen LogP contribution in [0, 0.1) is 5.41 Å². The van der Waals surface area contributed by atoms with E-state index in [1.165, 1.54) is 6.33 Å². The second kappa shape index (κ2) is 7.97. The Morgan fingerprint density at radius 1 is 1.25 bits per heavy atom. The first-order valence-electron chi connectivity index (χ1n) is 10.3. The number of aromatic nitrogens is 7. The van der Waals surface area contributed by atoms with E-state index in [4.69, 9.17) is 4.98 Å². The zero-order valence-electron chi connectivity index (χ0n) is 17.7. The lowest BCUT2D eigenvalue weighted by atomic mass is 9.87. The molecule has 2 atom stereocenters. The molecule has 3 heterocycles. The molecule has 1 fully saturated rings. The minimum atomic E-state index is -0.368. The van der Waals surface area contributed by atoms with Gasteiger partial charge in [0, 0.05) is 24.7 Å². The van der Waals surface area contributed by atoms with Crippen LogP contribution >= 0.6 is 15.9 Å². The first kappa shape index (κ1) is 20.6. The van der Waals surface area contributed by atoms with E-state index in [-0.39, 0.29) is 17.4 Å². The molecule has 11 heteroatoms. The quantitative estimate of drug-likeness (QED) is 0.437. The van der Waals surface area contributed by atoms with Gasteiger partial charge >= 0.3 is 0 Å². The Bertz CT molecular complexity index is 1270. The predicted octanol–water partition coefficient (Wildman–Crippen LogP) is 2.88. The highest BCUT2D eigenvalue weighted by molar-refractivity contribution is 9.10. The Hall–Kier alpha value is -3.34. The van der Waals surface area contributed by atoms with Crippen LogP contribution in [-0.4, -0.2) is 53.5 Å². The molecule has 1 amide bonds. The van der Waals surface area contributed by atoms with Crippen LogP contribution in [0.15, 0.2) is 47.7 Å². The molecule has 0 unspecified atom stereocenters. The third-order valence-corrected chi connectivity index (χ3v) is 6.59. The van der Waals surface area contributed by atoms with E-state index < -0.39 is 0 Å². The minimum absolute atomic E-state index is 0.0783. The van der Waals surface area contributed by atoms with Gasteiger partial charge in [0.15, 0.2) is 5.65 Å². The number of hydrogen-bond donors (Lipinski definition) is 2. The van der Waals surface area contributed by atoms with Crippen molar-refractivity contribution in [1.82, 2.24) is 39.8 Å². The van der Waals surface area contributed by atoms with E-state index in [9.17, 15) is 4.79 Å². The Labute approximate surface area is 192 Å². The number of fused-ring (bicyclic) bond motifs is 1. The molecule has 5 rings (SSSR count). The van der Waals surface area contributed by atoms with Crippen LogP contribution in [0.5, 0.6) is 0 Å². The summed E-state index contributed by atoms with van der Waals surface area (Å²) in [5.74, 6) is 0.603. The fourth-order valence-electron chi connectivity index (χ4n) is 4.26. The topological polar surface area (TPSA) is 115 Å². The number of halogens is 1. The average Bonchev–Trinajstić information content (AvgIpc) is 3.54. The third-order valence-electron chi connectivity index (χ3n) is 6.01. The first-order chi connectivity index (χ1) is 15.5. The molecule has 10 nitrogen and oxygen atoms in total. The Morgan fingerprint density at radius 3 is 2.75 bits per heavy atom. The summed E-state index contributed by atoms with van der Waals surface area (Å²) in [5, 5.41) is 15.7. The lowest BCUT2D eigenvalue weighted by Gasteiger charge is -2.22. The number of rotatable bonds is 5. The van der Waals surface area contributed by atoms with Crippen LogP contribution in [0.4, 0.5) is 5.95 Å². The SMILES string of the molecule is CNC(=O)[C@]1(C)CC[C@@H](Nc2ncc3c(Br)nn(-c4ccc(-n5cncn5)cc4)c3n2)C1. The lowest BCUT2D eigenvalue weighted by Crippen LogP contribution is -2.35. The van der Waals surface area contributed by atoms with E-state index in [0.29, 0.717) is 16.2 Å². The lowest BCUT2D eigenvalue weighted by molar-refractivity contribution is -0.129. The predicted molar refractivity (Wildman–Crippen MR) is 123 cm³/mol. The van der Waals surface area contributed by atoms with Gasteiger partial charge in [0.25, 0.3) is 0 Å². The van der Waals surface area contributed by atoms with Crippen LogP contribution in [0.3, 0.4) is 0 Å². The van der Waals surface area contributed by atoms with Gasteiger partial charge in [0.2, 0.25) is 11.9 Å². The fraction of sp³-hybridized carbons (Fsp3) is 0.333. The van der Waals surface area contributed by atoms with Crippen molar-refractivity contribution in [2.24, 2.45) is 5.41 Å². The number of nitrogens with one attached hydrogen (secondary N) is 2. The summed E-state index contributed by atoms with van der Waals surface area (Å²) >= 11 is 3.51. The normalized spacial score (nSPS) is 20.5. The molecule has 1 aliphatic carbocycles. The van der Waals surface area contributed by atoms with E-state index in [2.05, 4.69) is 46.7 Å². The van der Waals surface area contributed by atoms with Gasteiger partial charge in [-0.25, -0.2) is 19.3 Å². The minimum Gasteiger partial charge on any atom is -0.359 e. The fourth-order valence-corrected chi connectivity index (χ4v) is 4.70. The van der Waals surface area contributed by atoms with Crippen molar-refractivity contribution in [3.8, 4) is 11.4 Å². The molecule has 0 aliphatic heterocycles. The van der Waals surface area contributed by atoms with Gasteiger partial charge in [-0.1, -0.05) is 6.92 Å². The maximum atomic E-state index is 12.2. The summed E-state index contributed by atoms with van der Waals surface area (Å²) in [6.45, 7) is 2.01. The van der Waals surface area contributed by atoms with Crippen LogP contribution in [0.25, 0.3) is 22.4 Å². The monoisotopic (exact) mass is 495 g/mol. The van der Waals surface area contributed by atoms with E-state index in [0.717, 1.165) is 36.0 Å². The number of carbonyl (C=O) groups excluding carboxylic acids is 1. The number of anilines is 1. The molecule has 0 radical (unpaired) electrons. The van der Waals surface area contributed by atoms with Crippen molar-refractivity contribution in [2.75, 3.05) is 12.4 Å². The molecule has 164 valence electrons. The number of amides is 1. The number of carbonyl (C=O) groups is 1. The summed E-state index contributed by atoms with van der Waals surface area (Å²) < 4.78 is 4.15. The van der Waals surface area contributed by atoms with Crippen molar-refractivity contribution >= 4 is 38.8 Å². The van der Waals surface area contributed by atoms with Crippen molar-refractivity contribution in [3.05, 3.63) is 47.7 Å². The van der Waals surface area contributed by atoms with Crippen molar-refractivity contribution < 1.29 is 4.79 Å². The Morgan fingerprint density at radius 2 is 2.03 bits per heavy atom. The number of nitrogens with zero attached hydrogens (tertiary/aromatic N) is 7. The zero-order chi connectivity index (χ0) is 22.3. The molecule has 0 saturated heterocycles. The molecule has 0 bridgehead atoms. The van der Waals surface area contributed by atoms with E-state index in [1.54, 1.807) is 28.9 Å². The first-order valence-corrected chi connectivity index (χ1v) is 11.1. The molecule has 1 aliphatic rings. The van der Waals surface area contributed by atoms with Crippen LogP contribution < -0.4 is 10.6 Å². The second-order valence-corrected chi connectivity index (χ2v) is 8.96. The summed E-state index contributed by atoms with van der Waals surface area (Å²) in [4.78, 5) is 25.4. The van der Waals surface area contributed by atoms with E-state index in [1.807, 2.05) is 31.2 Å². The van der Waals surface area contributed by atoms with Crippen LogP contribution in [0.1, 0.15) is 26.2 Å². The molecule has 0 spiro atoms. The highest BCUT2D eigenvalue weighted by Crippen LogP contribution is 2.39. The summed E-state index contributed by atoms with van der Waals surface area (Å²) in [7, 11) is 1.68. The maximum absolute atomic E-state index is 12.2. The standard InChI is InChI=1S/C21H22BrN9O/c1-21(19(32)23-2)8-7-13(9-21)27-20-25-10-16-17(22)29-31(18(16)28-20)15-5-3-14(4-6-15)30-12-24-11-26-30/h3-6,10-13H,7-9H2,1-2H3,(H,23,32)(H,25,27,28)/t13-,21-/m1/s1.